The fraction of sp³-hybridized carbons (Fsp3) is 0.0455. The third kappa shape index (κ3) is 4.74. The fourth-order valence-electron chi connectivity index (χ4n) is 2.81. The second-order valence-corrected chi connectivity index (χ2v) is 6.29. The Kier molecular flexibility index (Phi) is 5.56. The first kappa shape index (κ1) is 19.0. The van der Waals surface area contributed by atoms with Gasteiger partial charge in [0.2, 0.25) is 11.9 Å². The molecule has 0 saturated carbocycles. The number of pyridine rings is 1. The molecule has 4 aromatic rings. The maximum atomic E-state index is 12.1. The number of hydrogen-bond donors (Lipinski definition) is 2. The number of nitrogens with two attached hydrogens (primary N) is 1. The van der Waals surface area contributed by atoms with Gasteiger partial charge in [0.15, 0.2) is 12.4 Å². The molecule has 148 valence electrons. The highest BCUT2D eigenvalue weighted by Crippen LogP contribution is 2.17. The molecule has 0 radical (unpaired) electrons. The highest BCUT2D eigenvalue weighted by molar-refractivity contribution is 5.92. The number of nitrogens with zero attached hydrogens (tertiary/aromatic N) is 4. The van der Waals surface area contributed by atoms with E-state index in [9.17, 15) is 4.79 Å². The Balaban J connectivity index is 1.41. The number of aromatic nitrogens is 4. The van der Waals surface area contributed by atoms with Gasteiger partial charge in [-0.15, -0.1) is 0 Å². The van der Waals surface area contributed by atoms with E-state index in [2.05, 4.69) is 25.3 Å². The zero-order chi connectivity index (χ0) is 20.8. The van der Waals surface area contributed by atoms with E-state index in [0.29, 0.717) is 0 Å². The molecule has 8 nitrogen and oxygen atoms in total. The van der Waals surface area contributed by atoms with Crippen molar-refractivity contribution in [2.75, 3.05) is 11.1 Å². The van der Waals surface area contributed by atoms with Crippen LogP contribution in [-0.4, -0.2) is 25.9 Å². The van der Waals surface area contributed by atoms with Gasteiger partial charge in [-0.3, -0.25) is 4.98 Å². The molecule has 0 unspecified atom stereocenters. The van der Waals surface area contributed by atoms with Crippen molar-refractivity contribution in [2.24, 2.45) is 0 Å². The van der Waals surface area contributed by atoms with Crippen LogP contribution in [0, 0.1) is 0 Å². The Labute approximate surface area is 172 Å². The third-order valence-corrected chi connectivity index (χ3v) is 4.14. The number of para-hydroxylation sites is 2. The Hall–Kier alpha value is -4.33. The normalized spacial score (nSPS) is 10.9. The summed E-state index contributed by atoms with van der Waals surface area (Å²) in [5, 5.41) is 4.03. The largest absolute Gasteiger partial charge is 0.454 e. The van der Waals surface area contributed by atoms with Crippen LogP contribution in [0.1, 0.15) is 11.4 Å². The lowest BCUT2D eigenvalue weighted by Gasteiger charge is -2.07. The number of benzene rings is 2. The third-order valence-electron chi connectivity index (χ3n) is 4.14. The molecule has 0 aliphatic rings. The molecule has 0 aliphatic heterocycles. The lowest BCUT2D eigenvalue weighted by Crippen LogP contribution is -2.10. The molecule has 0 amide bonds. The summed E-state index contributed by atoms with van der Waals surface area (Å²) in [6, 6.07) is 19.0. The van der Waals surface area contributed by atoms with Crippen LogP contribution in [0.5, 0.6) is 0 Å². The Morgan fingerprint density at radius 3 is 2.70 bits per heavy atom. The fourth-order valence-corrected chi connectivity index (χ4v) is 2.81. The van der Waals surface area contributed by atoms with E-state index < -0.39 is 5.97 Å². The Morgan fingerprint density at radius 2 is 1.83 bits per heavy atom. The lowest BCUT2D eigenvalue weighted by molar-refractivity contribution is -0.139. The van der Waals surface area contributed by atoms with Gasteiger partial charge in [-0.05, 0) is 24.3 Å². The van der Waals surface area contributed by atoms with Crippen LogP contribution in [0.25, 0.3) is 17.0 Å². The molecule has 0 bridgehead atoms. The van der Waals surface area contributed by atoms with Gasteiger partial charge in [0.25, 0.3) is 0 Å². The van der Waals surface area contributed by atoms with Crippen molar-refractivity contribution in [3.8, 4) is 0 Å². The molecule has 8 heteroatoms. The molecule has 2 aromatic heterocycles. The van der Waals surface area contributed by atoms with Gasteiger partial charge >= 0.3 is 5.97 Å². The smallest absolute Gasteiger partial charge is 0.331 e. The summed E-state index contributed by atoms with van der Waals surface area (Å²) in [7, 11) is 0. The van der Waals surface area contributed by atoms with Crippen LogP contribution < -0.4 is 11.1 Å². The summed E-state index contributed by atoms with van der Waals surface area (Å²) in [6.07, 6.45) is 4.73. The number of rotatable bonds is 6. The van der Waals surface area contributed by atoms with E-state index in [1.54, 1.807) is 12.3 Å². The second-order valence-electron chi connectivity index (χ2n) is 6.29. The molecule has 30 heavy (non-hydrogen) atoms. The minimum absolute atomic E-state index is 0.0341. The zero-order valence-corrected chi connectivity index (χ0v) is 15.9. The summed E-state index contributed by atoms with van der Waals surface area (Å²) in [5.74, 6) is 0.0259. The molecular formula is C22H18N6O2. The number of carbonyl (C=O) groups is 1. The molecule has 0 atom stereocenters. The zero-order valence-electron chi connectivity index (χ0n) is 15.9. The van der Waals surface area contributed by atoms with E-state index in [0.717, 1.165) is 22.2 Å². The second kappa shape index (κ2) is 8.78. The van der Waals surface area contributed by atoms with Gasteiger partial charge in [-0.2, -0.15) is 15.0 Å². The highest BCUT2D eigenvalue weighted by atomic mass is 16.5. The van der Waals surface area contributed by atoms with E-state index in [4.69, 9.17) is 10.5 Å². The van der Waals surface area contributed by atoms with Crippen molar-refractivity contribution < 1.29 is 9.53 Å². The lowest BCUT2D eigenvalue weighted by atomic mass is 10.1. The minimum Gasteiger partial charge on any atom is -0.454 e. The SMILES string of the molecule is Nc1nc(COC(=O)/C=C/c2cccc3cccnc23)nc(Nc2ccccc2)n1. The standard InChI is InChI=1S/C22H18N6O2/c23-21-26-18(27-22(28-21)25-17-9-2-1-3-10-17)14-30-19(29)12-11-16-7-4-6-15-8-5-13-24-20(15)16/h1-13H,14H2,(H3,23,25,26,27,28)/b12-11+. The molecular weight excluding hydrogens is 380 g/mol. The van der Waals surface area contributed by atoms with Crippen LogP contribution in [-0.2, 0) is 16.1 Å². The topological polar surface area (TPSA) is 116 Å². The summed E-state index contributed by atoms with van der Waals surface area (Å²) in [6.45, 7) is -0.132. The molecule has 2 heterocycles. The summed E-state index contributed by atoms with van der Waals surface area (Å²) < 4.78 is 5.24. The number of nitrogen functional groups attached to an aromatic ring is 1. The van der Waals surface area contributed by atoms with Crippen LogP contribution in [0.15, 0.2) is 72.9 Å². The maximum absolute atomic E-state index is 12.1. The van der Waals surface area contributed by atoms with Gasteiger partial charge in [0, 0.05) is 28.9 Å². The average Bonchev–Trinajstić information content (AvgIpc) is 2.76. The molecule has 0 saturated heterocycles. The van der Waals surface area contributed by atoms with Gasteiger partial charge in [-0.1, -0.05) is 42.5 Å². The molecule has 3 N–H and O–H groups in total. The van der Waals surface area contributed by atoms with Crippen LogP contribution in [0.2, 0.25) is 0 Å². The number of anilines is 3. The van der Waals surface area contributed by atoms with Crippen molar-refractivity contribution in [1.29, 1.82) is 0 Å². The summed E-state index contributed by atoms with van der Waals surface area (Å²) >= 11 is 0. The van der Waals surface area contributed by atoms with E-state index >= 15 is 0 Å². The molecule has 0 aliphatic carbocycles. The van der Waals surface area contributed by atoms with Crippen LogP contribution >= 0.6 is 0 Å². The van der Waals surface area contributed by atoms with Crippen molar-refractivity contribution in [3.05, 3.63) is 84.3 Å². The first-order valence-electron chi connectivity index (χ1n) is 9.18. The van der Waals surface area contributed by atoms with Crippen LogP contribution in [0.4, 0.5) is 17.6 Å². The Morgan fingerprint density at radius 1 is 1.00 bits per heavy atom. The quantitative estimate of drug-likeness (QED) is 0.374. The van der Waals surface area contributed by atoms with Crippen molar-refractivity contribution in [1.82, 2.24) is 19.9 Å². The van der Waals surface area contributed by atoms with E-state index in [-0.39, 0.29) is 24.3 Å². The molecule has 0 fully saturated rings. The predicted molar refractivity (Wildman–Crippen MR) is 115 cm³/mol. The number of carbonyl (C=O) groups excluding carboxylic acids is 1. The molecule has 0 spiro atoms. The summed E-state index contributed by atoms with van der Waals surface area (Å²) in [5.41, 5.74) is 8.18. The highest BCUT2D eigenvalue weighted by Gasteiger charge is 2.08. The first-order chi connectivity index (χ1) is 14.7. The van der Waals surface area contributed by atoms with Crippen LogP contribution in [0.3, 0.4) is 0 Å². The number of ether oxygens (including phenoxy) is 1. The van der Waals surface area contributed by atoms with Crippen molar-refractivity contribution in [3.63, 3.8) is 0 Å². The Bertz CT molecular complexity index is 1210. The van der Waals surface area contributed by atoms with E-state index in [1.807, 2.05) is 60.7 Å². The number of nitrogens with one attached hydrogen (secondary N) is 1. The van der Waals surface area contributed by atoms with Gasteiger partial charge in [-0.25, -0.2) is 4.79 Å². The predicted octanol–water partition coefficient (Wildman–Crippen LogP) is 3.50. The van der Waals surface area contributed by atoms with Gasteiger partial charge < -0.3 is 15.8 Å². The first-order valence-corrected chi connectivity index (χ1v) is 9.18. The van der Waals surface area contributed by atoms with Crippen molar-refractivity contribution in [2.45, 2.75) is 6.61 Å². The number of fused-ring (bicyclic) bond motifs is 1. The van der Waals surface area contributed by atoms with Gasteiger partial charge in [0.1, 0.15) is 0 Å². The van der Waals surface area contributed by atoms with Crippen molar-refractivity contribution >= 4 is 40.5 Å². The maximum Gasteiger partial charge on any atom is 0.331 e. The number of hydrogen-bond acceptors (Lipinski definition) is 8. The average molecular weight is 398 g/mol. The molecule has 2 aromatic carbocycles. The monoisotopic (exact) mass is 398 g/mol. The summed E-state index contributed by atoms with van der Waals surface area (Å²) in [4.78, 5) is 28.8. The number of esters is 1. The minimum atomic E-state index is -0.528. The van der Waals surface area contributed by atoms with E-state index in [1.165, 1.54) is 6.08 Å². The van der Waals surface area contributed by atoms with Gasteiger partial charge in [0.05, 0.1) is 5.52 Å². The molecule has 4 rings (SSSR count).